The lowest BCUT2D eigenvalue weighted by Crippen LogP contribution is -2.79. The van der Waals surface area contributed by atoms with Crippen LogP contribution in [0.25, 0.3) is 10.8 Å². The van der Waals surface area contributed by atoms with Gasteiger partial charge in [0.1, 0.15) is 0 Å². The number of likely N-dealkylation sites (tertiary alicyclic amines) is 1. The van der Waals surface area contributed by atoms with Crippen molar-refractivity contribution in [2.45, 2.75) is 68.1 Å². The Labute approximate surface area is 216 Å². The summed E-state index contributed by atoms with van der Waals surface area (Å²) in [6, 6.07) is 16.4. The van der Waals surface area contributed by atoms with E-state index in [9.17, 15) is 15.0 Å². The van der Waals surface area contributed by atoms with Crippen molar-refractivity contribution in [1.29, 1.82) is 0 Å². The van der Waals surface area contributed by atoms with E-state index in [1.807, 2.05) is 6.07 Å². The molecule has 9 rings (SSSR count). The molecule has 5 nitrogen and oxygen atoms in total. The van der Waals surface area contributed by atoms with Crippen molar-refractivity contribution in [2.24, 2.45) is 11.3 Å². The lowest BCUT2D eigenvalue weighted by atomic mass is 9.43. The number of hydrogen-bond donors (Lipinski definition) is 2. The van der Waals surface area contributed by atoms with Crippen LogP contribution in [0.4, 0.5) is 0 Å². The molecule has 0 radical (unpaired) electrons. The van der Waals surface area contributed by atoms with Crippen LogP contribution in [0, 0.1) is 11.3 Å². The molecule has 6 aliphatic rings. The number of ketones is 1. The largest absolute Gasteiger partial charge is 0.504 e. The number of aliphatic hydroxyl groups is 1. The van der Waals surface area contributed by atoms with Gasteiger partial charge in [-0.05, 0) is 90.9 Å². The number of hydrogen-bond acceptors (Lipinski definition) is 5. The standard InChI is InChI=1S/C32H31NO4/c34-23-10-9-20-13-24-32(36)17-30(14-21-5-1-3-19-4-2-6-22(15-30)25(19)21)28(35)29-31(32,26(20)27(23)37-29)11-12-33(24)16-18-7-8-18/h1-6,9-10,18,24,29,34,36H,7-8,11-17H2/t24-,29-,31-,32+/m0/s1. The number of aromatic hydroxyl groups is 1. The van der Waals surface area contributed by atoms with Gasteiger partial charge in [-0.15, -0.1) is 0 Å². The maximum absolute atomic E-state index is 14.7. The van der Waals surface area contributed by atoms with Gasteiger partial charge < -0.3 is 14.9 Å². The SMILES string of the molecule is O=C1[C@@H]2Oc3c(O)ccc4c3[C@@]23CCN(CC2CC2)[C@@H](C4)[C@]3(O)CC12Cc1cccc3cccc(c13)C2. The zero-order chi connectivity index (χ0) is 24.7. The van der Waals surface area contributed by atoms with Crippen molar-refractivity contribution in [3.63, 3.8) is 0 Å². The minimum absolute atomic E-state index is 0.0473. The molecule has 2 spiro atoms. The first-order valence-electron chi connectivity index (χ1n) is 14.0. The van der Waals surface area contributed by atoms with Crippen LogP contribution in [0.3, 0.4) is 0 Å². The first kappa shape index (κ1) is 21.1. The number of benzene rings is 3. The van der Waals surface area contributed by atoms with Crippen LogP contribution in [0.2, 0.25) is 0 Å². The third-order valence-electron chi connectivity index (χ3n) is 11.0. The monoisotopic (exact) mass is 493 g/mol. The van der Waals surface area contributed by atoms with Gasteiger partial charge in [-0.3, -0.25) is 9.69 Å². The van der Waals surface area contributed by atoms with Gasteiger partial charge in [-0.2, -0.15) is 0 Å². The van der Waals surface area contributed by atoms with Crippen LogP contribution in [0.1, 0.15) is 47.9 Å². The van der Waals surface area contributed by atoms with Gasteiger partial charge in [0.25, 0.3) is 0 Å². The molecule has 4 atom stereocenters. The van der Waals surface area contributed by atoms with Gasteiger partial charge in [-0.25, -0.2) is 0 Å². The minimum Gasteiger partial charge on any atom is -0.504 e. The van der Waals surface area contributed by atoms with Crippen LogP contribution in [-0.4, -0.2) is 51.7 Å². The van der Waals surface area contributed by atoms with Crippen LogP contribution in [-0.2, 0) is 29.5 Å². The highest BCUT2D eigenvalue weighted by Gasteiger charge is 2.77. The molecule has 37 heavy (non-hydrogen) atoms. The van der Waals surface area contributed by atoms with Crippen LogP contribution < -0.4 is 4.74 Å². The summed E-state index contributed by atoms with van der Waals surface area (Å²) in [5.74, 6) is 1.37. The Morgan fingerprint density at radius 3 is 2.49 bits per heavy atom. The lowest BCUT2D eigenvalue weighted by molar-refractivity contribution is -0.210. The van der Waals surface area contributed by atoms with E-state index in [0.29, 0.717) is 31.4 Å². The molecular formula is C32H31NO4. The molecule has 2 heterocycles. The Morgan fingerprint density at radius 2 is 1.76 bits per heavy atom. The first-order chi connectivity index (χ1) is 17.9. The number of Topliss-reactive ketones (excluding diaryl/α,β-unsaturated/α-hetero) is 1. The van der Waals surface area contributed by atoms with Crippen molar-refractivity contribution in [3.05, 3.63) is 70.8 Å². The Balaban J connectivity index is 1.26. The number of ether oxygens (including phenoxy) is 1. The molecular weight excluding hydrogens is 462 g/mol. The van der Waals surface area contributed by atoms with Crippen molar-refractivity contribution in [2.75, 3.05) is 13.1 Å². The van der Waals surface area contributed by atoms with Crippen molar-refractivity contribution in [3.8, 4) is 11.5 Å². The van der Waals surface area contributed by atoms with Gasteiger partial charge in [0.2, 0.25) is 0 Å². The second-order valence-electron chi connectivity index (χ2n) is 12.9. The molecule has 0 aromatic heterocycles. The number of carbonyl (C=O) groups is 1. The van der Waals surface area contributed by atoms with Gasteiger partial charge in [0.15, 0.2) is 23.4 Å². The van der Waals surface area contributed by atoms with Gasteiger partial charge in [0.05, 0.1) is 11.0 Å². The summed E-state index contributed by atoms with van der Waals surface area (Å²) >= 11 is 0. The predicted molar refractivity (Wildman–Crippen MR) is 139 cm³/mol. The predicted octanol–water partition coefficient (Wildman–Crippen LogP) is 4.07. The summed E-state index contributed by atoms with van der Waals surface area (Å²) < 4.78 is 6.53. The van der Waals surface area contributed by atoms with E-state index in [0.717, 1.165) is 36.6 Å². The number of phenolic OH excluding ortho intramolecular Hbond substituents is 1. The van der Waals surface area contributed by atoms with Gasteiger partial charge in [-0.1, -0.05) is 42.5 Å². The molecule has 3 aromatic rings. The zero-order valence-electron chi connectivity index (χ0n) is 20.9. The fourth-order valence-corrected chi connectivity index (χ4v) is 9.41. The molecule has 5 heteroatoms. The van der Waals surface area contributed by atoms with E-state index in [1.165, 1.54) is 34.7 Å². The van der Waals surface area contributed by atoms with E-state index in [2.05, 4.69) is 41.3 Å². The van der Waals surface area contributed by atoms with Crippen LogP contribution >= 0.6 is 0 Å². The summed E-state index contributed by atoms with van der Waals surface area (Å²) in [6.45, 7) is 1.89. The molecule has 3 fully saturated rings. The second-order valence-corrected chi connectivity index (χ2v) is 12.9. The zero-order valence-corrected chi connectivity index (χ0v) is 20.9. The molecule has 3 aromatic carbocycles. The number of phenols is 1. The normalized spacial score (nSPS) is 34.5. The average Bonchev–Trinajstić information content (AvgIpc) is 3.62. The highest BCUT2D eigenvalue weighted by atomic mass is 16.5. The Bertz CT molecular complexity index is 1500. The summed E-state index contributed by atoms with van der Waals surface area (Å²) in [5, 5.41) is 26.5. The highest BCUT2D eigenvalue weighted by molar-refractivity contribution is 5.98. The molecule has 0 amide bonds. The molecule has 4 aliphatic carbocycles. The lowest BCUT2D eigenvalue weighted by Gasteiger charge is -2.65. The van der Waals surface area contributed by atoms with Crippen molar-refractivity contribution < 1.29 is 19.7 Å². The molecule has 1 saturated heterocycles. The first-order valence-corrected chi connectivity index (χ1v) is 14.0. The van der Waals surface area contributed by atoms with Crippen LogP contribution in [0.15, 0.2) is 48.5 Å². The van der Waals surface area contributed by atoms with Gasteiger partial charge in [0, 0.05) is 23.6 Å². The number of carbonyl (C=O) groups excluding carboxylic acids is 1. The molecule has 2 bridgehead atoms. The summed E-state index contributed by atoms with van der Waals surface area (Å²) in [5.41, 5.74) is 1.85. The summed E-state index contributed by atoms with van der Waals surface area (Å²) in [4.78, 5) is 17.3. The Hall–Kier alpha value is -2.89. The molecule has 2 saturated carbocycles. The molecule has 188 valence electrons. The van der Waals surface area contributed by atoms with E-state index in [4.69, 9.17) is 4.74 Å². The van der Waals surface area contributed by atoms with E-state index < -0.39 is 22.5 Å². The fraction of sp³-hybridized carbons (Fsp3) is 0.469. The Morgan fingerprint density at radius 1 is 1.00 bits per heavy atom. The summed E-state index contributed by atoms with van der Waals surface area (Å²) in [6.07, 6.45) is 4.92. The summed E-state index contributed by atoms with van der Waals surface area (Å²) in [7, 11) is 0. The smallest absolute Gasteiger partial charge is 0.181 e. The molecule has 2 aliphatic heterocycles. The Kier molecular flexibility index (Phi) is 3.74. The maximum atomic E-state index is 14.7. The molecule has 0 unspecified atom stereocenters. The van der Waals surface area contributed by atoms with Gasteiger partial charge >= 0.3 is 0 Å². The fourth-order valence-electron chi connectivity index (χ4n) is 9.41. The third-order valence-corrected chi connectivity index (χ3v) is 11.0. The topological polar surface area (TPSA) is 70.0 Å². The van der Waals surface area contributed by atoms with E-state index in [-0.39, 0.29) is 17.6 Å². The quantitative estimate of drug-likeness (QED) is 0.563. The van der Waals surface area contributed by atoms with Crippen LogP contribution in [0.5, 0.6) is 11.5 Å². The number of piperidine rings is 1. The van der Waals surface area contributed by atoms with E-state index >= 15 is 0 Å². The highest BCUT2D eigenvalue weighted by Crippen LogP contribution is 2.68. The molecule has 2 N–H and O–H groups in total. The third kappa shape index (κ3) is 2.38. The maximum Gasteiger partial charge on any atom is 0.181 e. The van der Waals surface area contributed by atoms with Crippen molar-refractivity contribution in [1.82, 2.24) is 4.90 Å². The average molecular weight is 494 g/mol. The second kappa shape index (κ2) is 6.57. The van der Waals surface area contributed by atoms with Crippen molar-refractivity contribution >= 4 is 16.6 Å². The number of nitrogens with zero attached hydrogens (tertiary/aromatic N) is 1. The number of rotatable bonds is 2. The van der Waals surface area contributed by atoms with E-state index in [1.54, 1.807) is 6.07 Å². The minimum atomic E-state index is -1.09.